The summed E-state index contributed by atoms with van der Waals surface area (Å²) < 4.78 is 10.1. The number of hydrogen-bond acceptors (Lipinski definition) is 6. The van der Waals surface area contributed by atoms with Crippen molar-refractivity contribution >= 4 is 5.82 Å². The van der Waals surface area contributed by atoms with E-state index in [1.165, 1.54) is 0 Å². The zero-order valence-electron chi connectivity index (χ0n) is 10.7. The van der Waals surface area contributed by atoms with Gasteiger partial charge in [0.2, 0.25) is 0 Å². The zero-order chi connectivity index (χ0) is 13.0. The van der Waals surface area contributed by atoms with Gasteiger partial charge in [0, 0.05) is 24.9 Å². The fraction of sp³-hybridized carbons (Fsp3) is 0.417. The van der Waals surface area contributed by atoms with Gasteiger partial charge in [-0.15, -0.1) is 0 Å². The fourth-order valence-corrected chi connectivity index (χ4v) is 1.53. The maximum absolute atomic E-state index is 5.10. The number of rotatable bonds is 5. The number of aromatic nitrogens is 3. The average Bonchev–Trinajstić information content (AvgIpc) is 2.79. The molecule has 6 nitrogen and oxygen atoms in total. The maximum atomic E-state index is 5.10. The molecule has 0 amide bonds. The summed E-state index contributed by atoms with van der Waals surface area (Å²) in [6.07, 6.45) is 1.80. The Labute approximate surface area is 105 Å². The number of nitrogens with one attached hydrogen (secondary N) is 1. The van der Waals surface area contributed by atoms with E-state index in [2.05, 4.69) is 20.4 Å². The van der Waals surface area contributed by atoms with Crippen molar-refractivity contribution in [2.24, 2.45) is 0 Å². The first-order chi connectivity index (χ1) is 8.69. The summed E-state index contributed by atoms with van der Waals surface area (Å²) in [5, 5.41) is 7.15. The molecule has 0 fully saturated rings. The quantitative estimate of drug-likeness (QED) is 0.870. The number of aryl methyl sites for hydroxylation is 2. The van der Waals surface area contributed by atoms with Crippen molar-refractivity contribution in [3.8, 4) is 0 Å². The molecule has 18 heavy (non-hydrogen) atoms. The number of nitrogens with zero attached hydrogens (tertiary/aromatic N) is 3. The van der Waals surface area contributed by atoms with Crippen LogP contribution < -0.4 is 5.32 Å². The van der Waals surface area contributed by atoms with Crippen LogP contribution in [-0.2, 0) is 17.9 Å². The molecule has 0 aromatic carbocycles. The lowest BCUT2D eigenvalue weighted by atomic mass is 10.3. The lowest BCUT2D eigenvalue weighted by Gasteiger charge is -2.06. The number of anilines is 1. The Balaban J connectivity index is 1.99. The predicted molar refractivity (Wildman–Crippen MR) is 66.0 cm³/mol. The molecule has 96 valence electrons. The van der Waals surface area contributed by atoms with Crippen molar-refractivity contribution in [3.63, 3.8) is 0 Å². The van der Waals surface area contributed by atoms with E-state index in [0.29, 0.717) is 18.9 Å². The molecule has 0 aliphatic carbocycles. The SMILES string of the molecule is COCc1cc(CNc2nc(C)ncc2C)no1. The molecule has 2 aromatic rings. The fourth-order valence-electron chi connectivity index (χ4n) is 1.53. The molecular weight excluding hydrogens is 232 g/mol. The van der Waals surface area contributed by atoms with Crippen LogP contribution in [0.1, 0.15) is 22.8 Å². The van der Waals surface area contributed by atoms with Crippen LogP contribution >= 0.6 is 0 Å². The van der Waals surface area contributed by atoms with Crippen LogP contribution in [0, 0.1) is 13.8 Å². The summed E-state index contributed by atoms with van der Waals surface area (Å²) in [5.41, 5.74) is 1.82. The summed E-state index contributed by atoms with van der Waals surface area (Å²) in [6.45, 7) is 4.81. The van der Waals surface area contributed by atoms with E-state index in [-0.39, 0.29) is 0 Å². The summed E-state index contributed by atoms with van der Waals surface area (Å²) >= 11 is 0. The smallest absolute Gasteiger partial charge is 0.162 e. The van der Waals surface area contributed by atoms with Gasteiger partial charge in [-0.1, -0.05) is 5.16 Å². The number of hydrogen-bond donors (Lipinski definition) is 1. The minimum atomic E-state index is 0.429. The van der Waals surface area contributed by atoms with Crippen LogP contribution in [0.2, 0.25) is 0 Å². The van der Waals surface area contributed by atoms with Gasteiger partial charge in [-0.25, -0.2) is 9.97 Å². The Morgan fingerprint density at radius 1 is 1.39 bits per heavy atom. The first-order valence-electron chi connectivity index (χ1n) is 5.66. The van der Waals surface area contributed by atoms with Crippen molar-refractivity contribution in [1.82, 2.24) is 15.1 Å². The average molecular weight is 248 g/mol. The molecule has 0 saturated heterocycles. The molecule has 0 aliphatic heterocycles. The van der Waals surface area contributed by atoms with E-state index in [0.717, 1.165) is 22.9 Å². The normalized spacial score (nSPS) is 10.6. The Morgan fingerprint density at radius 3 is 3.00 bits per heavy atom. The largest absolute Gasteiger partial charge is 0.377 e. The highest BCUT2D eigenvalue weighted by Crippen LogP contribution is 2.12. The highest BCUT2D eigenvalue weighted by molar-refractivity contribution is 5.42. The monoisotopic (exact) mass is 248 g/mol. The molecule has 2 heterocycles. The van der Waals surface area contributed by atoms with Crippen LogP contribution in [-0.4, -0.2) is 22.2 Å². The van der Waals surface area contributed by atoms with Gasteiger partial charge < -0.3 is 14.6 Å². The molecule has 0 atom stereocenters. The topological polar surface area (TPSA) is 73.1 Å². The Kier molecular flexibility index (Phi) is 3.88. The van der Waals surface area contributed by atoms with Crippen molar-refractivity contribution in [2.45, 2.75) is 27.0 Å². The molecule has 0 unspecified atom stereocenters. The van der Waals surface area contributed by atoms with Gasteiger partial charge in [-0.2, -0.15) is 0 Å². The molecule has 1 N–H and O–H groups in total. The summed E-state index contributed by atoms with van der Waals surface area (Å²) in [7, 11) is 1.62. The van der Waals surface area contributed by atoms with E-state index in [4.69, 9.17) is 9.26 Å². The predicted octanol–water partition coefficient (Wildman–Crippen LogP) is 1.84. The van der Waals surface area contributed by atoms with Crippen LogP contribution in [0.3, 0.4) is 0 Å². The van der Waals surface area contributed by atoms with Gasteiger partial charge >= 0.3 is 0 Å². The first kappa shape index (κ1) is 12.5. The van der Waals surface area contributed by atoms with Gasteiger partial charge in [-0.05, 0) is 13.8 Å². The standard InChI is InChI=1S/C12H16N4O2/c1-8-5-13-9(2)15-12(8)14-6-10-4-11(7-17-3)18-16-10/h4-5H,6-7H2,1-3H3,(H,13,14,15). The molecule has 6 heteroatoms. The highest BCUT2D eigenvalue weighted by Gasteiger charge is 2.05. The Hall–Kier alpha value is -1.95. The van der Waals surface area contributed by atoms with E-state index in [1.807, 2.05) is 19.9 Å². The van der Waals surface area contributed by atoms with Gasteiger partial charge in [0.1, 0.15) is 23.9 Å². The first-order valence-corrected chi connectivity index (χ1v) is 5.66. The van der Waals surface area contributed by atoms with Crippen LogP contribution in [0.25, 0.3) is 0 Å². The summed E-state index contributed by atoms with van der Waals surface area (Å²) in [4.78, 5) is 8.45. The van der Waals surface area contributed by atoms with Crippen molar-refractivity contribution < 1.29 is 9.26 Å². The molecule has 2 aromatic heterocycles. The van der Waals surface area contributed by atoms with Crippen molar-refractivity contribution in [1.29, 1.82) is 0 Å². The second-order valence-electron chi connectivity index (χ2n) is 4.02. The maximum Gasteiger partial charge on any atom is 0.162 e. The molecule has 0 spiro atoms. The lowest BCUT2D eigenvalue weighted by Crippen LogP contribution is -2.05. The third kappa shape index (κ3) is 3.04. The Bertz CT molecular complexity index is 525. The minimum Gasteiger partial charge on any atom is -0.377 e. The van der Waals surface area contributed by atoms with Crippen molar-refractivity contribution in [2.75, 3.05) is 12.4 Å². The van der Waals surface area contributed by atoms with Crippen LogP contribution in [0.15, 0.2) is 16.8 Å². The van der Waals surface area contributed by atoms with Gasteiger partial charge in [0.05, 0.1) is 6.54 Å². The second kappa shape index (κ2) is 5.59. The van der Waals surface area contributed by atoms with Crippen LogP contribution in [0.4, 0.5) is 5.82 Å². The molecular formula is C12H16N4O2. The zero-order valence-corrected chi connectivity index (χ0v) is 10.7. The summed E-state index contributed by atoms with van der Waals surface area (Å²) in [6, 6.07) is 1.86. The van der Waals surface area contributed by atoms with Gasteiger partial charge in [0.25, 0.3) is 0 Å². The van der Waals surface area contributed by atoms with Crippen molar-refractivity contribution in [3.05, 3.63) is 35.1 Å². The second-order valence-corrected chi connectivity index (χ2v) is 4.02. The third-order valence-corrected chi connectivity index (χ3v) is 2.42. The molecule has 0 bridgehead atoms. The van der Waals surface area contributed by atoms with E-state index in [1.54, 1.807) is 13.3 Å². The van der Waals surface area contributed by atoms with E-state index < -0.39 is 0 Å². The third-order valence-electron chi connectivity index (χ3n) is 2.42. The molecule has 0 saturated carbocycles. The van der Waals surface area contributed by atoms with E-state index in [9.17, 15) is 0 Å². The molecule has 0 radical (unpaired) electrons. The number of methoxy groups -OCH3 is 1. The van der Waals surface area contributed by atoms with E-state index >= 15 is 0 Å². The molecule has 2 rings (SSSR count). The molecule has 0 aliphatic rings. The van der Waals surface area contributed by atoms with Gasteiger partial charge in [-0.3, -0.25) is 0 Å². The van der Waals surface area contributed by atoms with Gasteiger partial charge in [0.15, 0.2) is 5.76 Å². The number of ether oxygens (including phenoxy) is 1. The highest BCUT2D eigenvalue weighted by atomic mass is 16.5. The minimum absolute atomic E-state index is 0.429. The lowest BCUT2D eigenvalue weighted by molar-refractivity contribution is 0.156. The van der Waals surface area contributed by atoms with Crippen LogP contribution in [0.5, 0.6) is 0 Å². The summed E-state index contributed by atoms with van der Waals surface area (Å²) in [5.74, 6) is 2.27. The Morgan fingerprint density at radius 2 is 2.22 bits per heavy atom.